The normalized spacial score (nSPS) is 10.7. The molecule has 0 amide bonds. The van der Waals surface area contributed by atoms with Gasteiger partial charge in [-0.2, -0.15) is 0 Å². The lowest BCUT2D eigenvalue weighted by Gasteiger charge is -2.14. The van der Waals surface area contributed by atoms with Crippen LogP contribution in [0.5, 0.6) is 11.5 Å². The van der Waals surface area contributed by atoms with Crippen LogP contribution >= 0.6 is 34.8 Å². The molecule has 0 saturated carbocycles. The van der Waals surface area contributed by atoms with Gasteiger partial charge >= 0.3 is 5.97 Å². The van der Waals surface area contributed by atoms with E-state index in [4.69, 9.17) is 49.0 Å². The van der Waals surface area contributed by atoms with Crippen molar-refractivity contribution < 1.29 is 19.0 Å². The first-order valence-electron chi connectivity index (χ1n) is 10.4. The molecule has 0 N–H and O–H groups in total. The first-order valence-corrected chi connectivity index (χ1v) is 11.5. The molecule has 0 aliphatic rings. The van der Waals surface area contributed by atoms with Crippen LogP contribution in [0.1, 0.15) is 16.1 Å². The van der Waals surface area contributed by atoms with Gasteiger partial charge in [0.15, 0.2) is 0 Å². The summed E-state index contributed by atoms with van der Waals surface area (Å²) in [5.74, 6) is 0.636. The van der Waals surface area contributed by atoms with Crippen LogP contribution in [-0.4, -0.2) is 30.2 Å². The Balaban J connectivity index is 1.75. The van der Waals surface area contributed by atoms with Gasteiger partial charge in [-0.15, -0.1) is 0 Å². The molecule has 9 heteroatoms. The lowest BCUT2D eigenvalue weighted by molar-refractivity contribution is 0.0594. The van der Waals surface area contributed by atoms with Gasteiger partial charge in [0.25, 0.3) is 0 Å². The smallest absolute Gasteiger partial charge is 0.356 e. The van der Waals surface area contributed by atoms with Crippen molar-refractivity contribution in [3.8, 4) is 34.0 Å². The second-order valence-electron chi connectivity index (χ2n) is 7.35. The Bertz CT molecular complexity index is 1380. The number of ether oxygens (including phenoxy) is 3. The molecule has 0 aliphatic carbocycles. The number of hydrogen-bond acceptors (Lipinski definition) is 6. The molecule has 0 unspecified atom stereocenters. The van der Waals surface area contributed by atoms with Gasteiger partial charge in [-0.05, 0) is 48.0 Å². The van der Waals surface area contributed by atoms with Gasteiger partial charge in [-0.1, -0.05) is 53.0 Å². The number of hydrogen-bond donors (Lipinski definition) is 0. The number of pyridine rings is 2. The fraction of sp³-hybridized carbons (Fsp3) is 0.115. The third kappa shape index (κ3) is 5.68. The van der Waals surface area contributed by atoms with Crippen molar-refractivity contribution in [2.45, 2.75) is 6.61 Å². The molecule has 0 spiro atoms. The van der Waals surface area contributed by atoms with Crippen LogP contribution < -0.4 is 9.47 Å². The van der Waals surface area contributed by atoms with Crippen molar-refractivity contribution in [3.63, 3.8) is 0 Å². The first-order chi connectivity index (χ1) is 16.9. The van der Waals surface area contributed by atoms with Crippen LogP contribution in [0, 0.1) is 0 Å². The Kier molecular flexibility index (Phi) is 7.76. The van der Waals surface area contributed by atoms with E-state index >= 15 is 0 Å². The Morgan fingerprint density at radius 3 is 2.34 bits per heavy atom. The Morgan fingerprint density at radius 1 is 0.886 bits per heavy atom. The first kappa shape index (κ1) is 24.8. The maximum Gasteiger partial charge on any atom is 0.356 e. The molecule has 4 aromatic rings. The lowest BCUT2D eigenvalue weighted by Crippen LogP contribution is -2.06. The molecular weight excluding hydrogens is 511 g/mol. The predicted octanol–water partition coefficient (Wildman–Crippen LogP) is 7.15. The summed E-state index contributed by atoms with van der Waals surface area (Å²) in [6, 6.07) is 17.6. The van der Waals surface area contributed by atoms with Crippen LogP contribution in [0.15, 0.2) is 66.9 Å². The summed E-state index contributed by atoms with van der Waals surface area (Å²) in [6.07, 6.45) is 1.49. The molecule has 0 radical (unpaired) electrons. The highest BCUT2D eigenvalue weighted by atomic mass is 35.5. The largest absolute Gasteiger partial charge is 0.497 e. The lowest BCUT2D eigenvalue weighted by atomic mass is 10.0. The molecule has 2 heterocycles. The number of aromatic nitrogens is 2. The van der Waals surface area contributed by atoms with Crippen LogP contribution in [0.4, 0.5) is 0 Å². The van der Waals surface area contributed by atoms with E-state index in [0.717, 1.165) is 11.3 Å². The van der Waals surface area contributed by atoms with E-state index in [0.29, 0.717) is 49.9 Å². The van der Waals surface area contributed by atoms with Crippen molar-refractivity contribution in [2.24, 2.45) is 0 Å². The highest BCUT2D eigenvalue weighted by Crippen LogP contribution is 2.37. The zero-order valence-electron chi connectivity index (χ0n) is 18.7. The zero-order valence-corrected chi connectivity index (χ0v) is 21.0. The van der Waals surface area contributed by atoms with Crippen molar-refractivity contribution in [2.75, 3.05) is 14.2 Å². The van der Waals surface area contributed by atoms with Gasteiger partial charge < -0.3 is 14.2 Å². The van der Waals surface area contributed by atoms with Crippen molar-refractivity contribution >= 4 is 40.8 Å². The summed E-state index contributed by atoms with van der Waals surface area (Å²) in [5.41, 5.74) is 3.24. The number of esters is 1. The van der Waals surface area contributed by atoms with Gasteiger partial charge in [0, 0.05) is 17.3 Å². The minimum Gasteiger partial charge on any atom is -0.497 e. The second kappa shape index (κ2) is 11.0. The monoisotopic (exact) mass is 528 g/mol. The number of methoxy groups -OCH3 is 2. The van der Waals surface area contributed by atoms with Gasteiger partial charge in [0.2, 0.25) is 0 Å². The van der Waals surface area contributed by atoms with Crippen molar-refractivity contribution in [1.29, 1.82) is 0 Å². The average molecular weight is 530 g/mol. The molecule has 0 atom stereocenters. The van der Waals surface area contributed by atoms with E-state index in [-0.39, 0.29) is 5.69 Å². The summed E-state index contributed by atoms with van der Waals surface area (Å²) in [6.45, 7) is 0.292. The summed E-state index contributed by atoms with van der Waals surface area (Å²) in [7, 11) is 2.91. The molecule has 0 bridgehead atoms. The summed E-state index contributed by atoms with van der Waals surface area (Å²) in [4.78, 5) is 21.1. The molecular formula is C26H19Cl3N2O4. The van der Waals surface area contributed by atoms with Gasteiger partial charge in [-0.3, -0.25) is 4.98 Å². The van der Waals surface area contributed by atoms with Crippen molar-refractivity contribution in [3.05, 3.63) is 93.2 Å². The number of carbonyl (C=O) groups excluding carboxylic acids is 1. The topological polar surface area (TPSA) is 70.5 Å². The third-order valence-electron chi connectivity index (χ3n) is 5.11. The second-order valence-corrected chi connectivity index (χ2v) is 8.60. The highest BCUT2D eigenvalue weighted by molar-refractivity contribution is 6.36. The summed E-state index contributed by atoms with van der Waals surface area (Å²) < 4.78 is 16.0. The van der Waals surface area contributed by atoms with Crippen LogP contribution in [0.3, 0.4) is 0 Å². The Hall–Kier alpha value is -3.32. The average Bonchev–Trinajstić information content (AvgIpc) is 2.88. The summed E-state index contributed by atoms with van der Waals surface area (Å²) in [5, 5.41) is 1.17. The van der Waals surface area contributed by atoms with Gasteiger partial charge in [-0.25, -0.2) is 9.78 Å². The fourth-order valence-electron chi connectivity index (χ4n) is 3.35. The van der Waals surface area contributed by atoms with E-state index in [9.17, 15) is 4.79 Å². The Morgan fingerprint density at radius 2 is 1.66 bits per heavy atom. The van der Waals surface area contributed by atoms with Crippen LogP contribution in [-0.2, 0) is 11.3 Å². The van der Waals surface area contributed by atoms with Gasteiger partial charge in [0.1, 0.15) is 23.8 Å². The molecule has 0 saturated heterocycles. The van der Waals surface area contributed by atoms with E-state index in [1.165, 1.54) is 13.3 Å². The van der Waals surface area contributed by atoms with Crippen LogP contribution in [0.25, 0.3) is 22.5 Å². The third-order valence-corrected chi connectivity index (χ3v) is 5.92. The van der Waals surface area contributed by atoms with Gasteiger partial charge in [0.05, 0.1) is 40.7 Å². The number of nitrogens with zero attached hydrogens (tertiary/aromatic N) is 2. The molecule has 6 nitrogen and oxygen atoms in total. The number of halogens is 3. The zero-order chi connectivity index (χ0) is 24.9. The van der Waals surface area contributed by atoms with Crippen molar-refractivity contribution in [1.82, 2.24) is 9.97 Å². The Labute approximate surface area is 217 Å². The fourth-order valence-corrected chi connectivity index (χ4v) is 4.00. The SMILES string of the molecule is COC(=O)c1ccc(-c2ncc(Cl)cc2Cl)c(-c2ccc(Cl)c(OCc3ccc(OC)cc3)c2)n1. The highest BCUT2D eigenvalue weighted by Gasteiger charge is 2.19. The molecule has 4 rings (SSSR count). The van der Waals surface area contributed by atoms with Crippen LogP contribution in [0.2, 0.25) is 15.1 Å². The summed E-state index contributed by atoms with van der Waals surface area (Å²) >= 11 is 18.9. The minimum atomic E-state index is -0.571. The molecule has 178 valence electrons. The number of carbonyl (C=O) groups is 1. The quantitative estimate of drug-likeness (QED) is 0.237. The molecule has 0 aliphatic heterocycles. The maximum absolute atomic E-state index is 12.2. The number of benzene rings is 2. The van der Waals surface area contributed by atoms with E-state index in [2.05, 4.69) is 9.97 Å². The van der Waals surface area contributed by atoms with E-state index < -0.39 is 5.97 Å². The number of rotatable bonds is 7. The molecule has 2 aromatic carbocycles. The standard InChI is InChI=1S/C26H19Cl3N2O4/c1-33-18-6-3-15(4-7-18)14-35-23-11-16(5-9-20(23)28)24-19(8-10-22(31-24)26(32)34-2)25-21(29)12-17(27)13-30-25/h3-13H,14H2,1-2H3. The molecule has 0 fully saturated rings. The molecule has 35 heavy (non-hydrogen) atoms. The van der Waals surface area contributed by atoms with E-state index in [1.807, 2.05) is 24.3 Å². The van der Waals surface area contributed by atoms with E-state index in [1.54, 1.807) is 43.5 Å². The maximum atomic E-state index is 12.2. The minimum absolute atomic E-state index is 0.131. The molecule has 2 aromatic heterocycles. The predicted molar refractivity (Wildman–Crippen MR) is 137 cm³/mol.